The van der Waals surface area contributed by atoms with Gasteiger partial charge in [0.1, 0.15) is 31.5 Å². The number of esters is 2. The summed E-state index contributed by atoms with van der Waals surface area (Å²) in [5.74, 6) is -1.02. The Hall–Kier alpha value is -2.00. The van der Waals surface area contributed by atoms with Crippen molar-refractivity contribution in [2.45, 2.75) is 199 Å². The van der Waals surface area contributed by atoms with Gasteiger partial charge in [-0.1, -0.05) is 159 Å². The van der Waals surface area contributed by atoms with E-state index in [9.17, 15) is 43.8 Å². The predicted molar refractivity (Wildman–Crippen MR) is 251 cm³/mol. The lowest BCUT2D eigenvalue weighted by Gasteiger charge is -2.19. The molecule has 0 aliphatic heterocycles. The summed E-state index contributed by atoms with van der Waals surface area (Å²) in [5.41, 5.74) is 0. The van der Waals surface area contributed by atoms with Crippen LogP contribution in [0.4, 0.5) is 0 Å². The second kappa shape index (κ2) is 43.6. The van der Waals surface area contributed by atoms with E-state index < -0.39 is 85.5 Å². The maximum atomic E-state index is 12.2. The van der Waals surface area contributed by atoms with Crippen LogP contribution in [-0.2, 0) is 46.3 Å². The van der Waals surface area contributed by atoms with Crippen LogP contribution < -0.4 is 0 Å². The summed E-state index contributed by atoms with van der Waals surface area (Å²) in [7, 11) is -9.58. The van der Waals surface area contributed by atoms with Gasteiger partial charge in [-0.3, -0.25) is 27.7 Å². The first-order chi connectivity index (χ1) is 30.8. The highest BCUT2D eigenvalue weighted by Crippen LogP contribution is 2.45. The molecule has 0 fully saturated rings. The number of ether oxygens (including phenoxy) is 2. The minimum atomic E-state index is -4.79. The van der Waals surface area contributed by atoms with Crippen molar-refractivity contribution in [2.24, 2.45) is 0 Å². The number of phosphoric acid groups is 2. The topological polar surface area (TPSA) is 225 Å². The van der Waals surface area contributed by atoms with Gasteiger partial charge in [0.2, 0.25) is 0 Å². The average Bonchev–Trinajstić information content (AvgIpc) is 3.27. The van der Waals surface area contributed by atoms with Crippen LogP contribution in [0.3, 0.4) is 0 Å². The van der Waals surface area contributed by atoms with Gasteiger partial charge < -0.3 is 34.6 Å². The molecular weight excluding hydrogens is 866 g/mol. The minimum Gasteiger partial charge on any atom is -0.463 e. The number of carbonyl (C=O) groups is 2. The maximum Gasteiger partial charge on any atom is 0.472 e. The van der Waals surface area contributed by atoms with Crippen molar-refractivity contribution in [1.82, 2.24) is 0 Å². The number of unbranched alkanes of at least 4 members (excludes halogenated alkanes) is 20. The van der Waals surface area contributed by atoms with E-state index in [2.05, 4.69) is 56.2 Å². The van der Waals surface area contributed by atoms with Gasteiger partial charge in [0, 0.05) is 12.8 Å². The number of aliphatic hydroxyl groups is 3. The molecule has 0 aromatic rings. The van der Waals surface area contributed by atoms with Gasteiger partial charge in [0.05, 0.1) is 26.4 Å². The van der Waals surface area contributed by atoms with Crippen LogP contribution in [-0.4, -0.2) is 95.0 Å². The van der Waals surface area contributed by atoms with E-state index in [1.165, 1.54) is 83.5 Å². The summed E-state index contributed by atoms with van der Waals surface area (Å²) in [4.78, 5) is 43.7. The van der Waals surface area contributed by atoms with Crippen molar-refractivity contribution < 1.29 is 71.4 Å². The molecule has 0 saturated carbocycles. The molecule has 64 heavy (non-hydrogen) atoms. The molecule has 374 valence electrons. The lowest BCUT2D eigenvalue weighted by molar-refractivity contribution is -0.148. The van der Waals surface area contributed by atoms with Crippen molar-refractivity contribution in [3.63, 3.8) is 0 Å². The van der Waals surface area contributed by atoms with Gasteiger partial charge in [-0.15, -0.1) is 0 Å². The minimum absolute atomic E-state index is 0.172. The molecule has 15 nitrogen and oxygen atoms in total. The molecule has 0 rings (SSSR count). The molecule has 0 heterocycles. The molecule has 5 atom stereocenters. The summed E-state index contributed by atoms with van der Waals surface area (Å²) in [6.45, 7) is 0.256. The third-order valence-electron chi connectivity index (χ3n) is 9.83. The molecular formula is C47H86O15P2. The largest absolute Gasteiger partial charge is 0.472 e. The molecule has 0 aliphatic rings. The Morgan fingerprint density at radius 1 is 0.422 bits per heavy atom. The number of allylic oxidation sites excluding steroid dienone is 8. The van der Waals surface area contributed by atoms with Crippen molar-refractivity contribution >= 4 is 27.6 Å². The molecule has 0 aromatic heterocycles. The zero-order valence-corrected chi connectivity index (χ0v) is 41.0. The third kappa shape index (κ3) is 45.2. The molecule has 0 saturated heterocycles. The Morgan fingerprint density at radius 3 is 1.11 bits per heavy atom. The summed E-state index contributed by atoms with van der Waals surface area (Å²) < 4.78 is 52.9. The van der Waals surface area contributed by atoms with Gasteiger partial charge in [-0.2, -0.15) is 0 Å². The number of hydrogen-bond acceptors (Lipinski definition) is 13. The van der Waals surface area contributed by atoms with Crippen LogP contribution in [0.2, 0.25) is 0 Å². The fraction of sp³-hybridized carbons (Fsp3) is 0.787. The molecule has 0 radical (unpaired) electrons. The van der Waals surface area contributed by atoms with Crippen LogP contribution in [0.25, 0.3) is 0 Å². The van der Waals surface area contributed by atoms with Gasteiger partial charge >= 0.3 is 27.6 Å². The first-order valence-corrected chi connectivity index (χ1v) is 27.0. The van der Waals surface area contributed by atoms with Crippen LogP contribution in [0.5, 0.6) is 0 Å². The van der Waals surface area contributed by atoms with Crippen LogP contribution in [0, 0.1) is 0 Å². The molecule has 0 aromatic carbocycles. The van der Waals surface area contributed by atoms with Crippen LogP contribution in [0.15, 0.2) is 48.6 Å². The summed E-state index contributed by atoms with van der Waals surface area (Å²) in [5, 5.41) is 30.0. The Morgan fingerprint density at radius 2 is 0.734 bits per heavy atom. The van der Waals surface area contributed by atoms with Crippen molar-refractivity contribution in [3.8, 4) is 0 Å². The standard InChI is InChI=1S/C47H86O15P2/c1-3-5-7-9-11-13-15-17-18-19-20-21-22-24-26-28-30-32-34-36-47(52)58-38-44(49)40-60-64(55,56)62-42-45(50)41-61-63(53,54)59-39-43(48)37-57-46(51)35-33-31-29-27-25-23-16-14-12-10-8-6-4-2/h6,8,10,12,14,16-18,43-45,48-50H,3-5,7,9,11,13,15,19-42H2,1-2H3,(H,53,54)(H,55,56)/b8-6+,12-10+,16-14-,18-17+. The van der Waals surface area contributed by atoms with Crippen molar-refractivity contribution in [1.29, 1.82) is 0 Å². The SMILES string of the molecule is CC/C=C/C=C/C=C\CCCCCCCC(=O)OCC(O)COP(=O)(O)OCC(O)COP(=O)(O)OCC(O)COC(=O)CCCCCCCCCCC/C=C/CCCCCCCC. The highest BCUT2D eigenvalue weighted by atomic mass is 31.2. The lowest BCUT2D eigenvalue weighted by atomic mass is 10.1. The Balaban J connectivity index is 3.88. The maximum absolute atomic E-state index is 12.2. The van der Waals surface area contributed by atoms with Crippen LogP contribution in [0.1, 0.15) is 181 Å². The Bertz CT molecular complexity index is 1340. The molecule has 0 aliphatic carbocycles. The Kier molecular flexibility index (Phi) is 42.2. The Labute approximate surface area is 385 Å². The normalized spacial score (nSPS) is 15.5. The molecule has 0 bridgehead atoms. The van der Waals surface area contributed by atoms with E-state index in [4.69, 9.17) is 9.47 Å². The highest BCUT2D eigenvalue weighted by Gasteiger charge is 2.28. The molecule has 0 spiro atoms. The van der Waals surface area contributed by atoms with Crippen LogP contribution >= 0.6 is 15.6 Å². The van der Waals surface area contributed by atoms with Crippen molar-refractivity contribution in [3.05, 3.63) is 48.6 Å². The summed E-state index contributed by atoms with van der Waals surface area (Å²) in [6, 6.07) is 0. The second-order valence-electron chi connectivity index (χ2n) is 16.2. The number of rotatable bonds is 46. The van der Waals surface area contributed by atoms with E-state index in [0.29, 0.717) is 12.8 Å². The van der Waals surface area contributed by atoms with Gasteiger partial charge in [0.15, 0.2) is 0 Å². The van der Waals surface area contributed by atoms with Gasteiger partial charge in [-0.05, 0) is 57.8 Å². The lowest BCUT2D eigenvalue weighted by Crippen LogP contribution is -2.25. The first kappa shape index (κ1) is 62.0. The average molecular weight is 953 g/mol. The number of carbonyl (C=O) groups excluding carboxylic acids is 2. The predicted octanol–water partition coefficient (Wildman–Crippen LogP) is 10.8. The smallest absolute Gasteiger partial charge is 0.463 e. The third-order valence-corrected chi connectivity index (χ3v) is 11.7. The zero-order chi connectivity index (χ0) is 47.4. The fourth-order valence-electron chi connectivity index (χ4n) is 6.09. The van der Waals surface area contributed by atoms with E-state index in [1.54, 1.807) is 0 Å². The molecule has 17 heteroatoms. The van der Waals surface area contributed by atoms with Gasteiger partial charge in [-0.25, -0.2) is 9.13 Å². The van der Waals surface area contributed by atoms with E-state index in [1.807, 2.05) is 24.3 Å². The van der Waals surface area contributed by atoms with E-state index in [-0.39, 0.29) is 12.8 Å². The first-order valence-electron chi connectivity index (χ1n) is 24.0. The number of phosphoric ester groups is 2. The summed E-state index contributed by atoms with van der Waals surface area (Å²) >= 11 is 0. The molecule has 0 amide bonds. The summed E-state index contributed by atoms with van der Waals surface area (Å²) in [6.07, 6.45) is 39.6. The number of aliphatic hydroxyl groups excluding tert-OH is 3. The molecule has 5 unspecified atom stereocenters. The highest BCUT2D eigenvalue weighted by molar-refractivity contribution is 7.47. The van der Waals surface area contributed by atoms with Gasteiger partial charge in [0.25, 0.3) is 0 Å². The monoisotopic (exact) mass is 953 g/mol. The van der Waals surface area contributed by atoms with Crippen molar-refractivity contribution in [2.75, 3.05) is 39.6 Å². The fourth-order valence-corrected chi connectivity index (χ4v) is 7.68. The zero-order valence-electron chi connectivity index (χ0n) is 39.2. The quantitative estimate of drug-likeness (QED) is 0.0126. The van der Waals surface area contributed by atoms with E-state index in [0.717, 1.165) is 57.8 Å². The van der Waals surface area contributed by atoms with E-state index >= 15 is 0 Å². The number of hydrogen-bond donors (Lipinski definition) is 5. The molecule has 5 N–H and O–H groups in total. The second-order valence-corrected chi connectivity index (χ2v) is 19.1.